The Labute approximate surface area is 71.0 Å². The maximum atomic E-state index is 8.50. The minimum atomic E-state index is -0.124. The standard InChI is InChI=1S/C6H16N2O2S/c7-5(1-3-9)11-6(8)2-4-10/h5-6,9-10H,1-4,7-8H2. The monoisotopic (exact) mass is 180 g/mol. The summed E-state index contributed by atoms with van der Waals surface area (Å²) in [6.07, 6.45) is 1.09. The molecule has 0 bridgehead atoms. The van der Waals surface area contributed by atoms with Crippen molar-refractivity contribution in [1.29, 1.82) is 0 Å². The summed E-state index contributed by atoms with van der Waals surface area (Å²) in [6, 6.07) is 0. The molecule has 0 heterocycles. The molecule has 0 aromatic rings. The predicted molar refractivity (Wildman–Crippen MR) is 46.9 cm³/mol. The van der Waals surface area contributed by atoms with E-state index in [-0.39, 0.29) is 24.0 Å². The van der Waals surface area contributed by atoms with Gasteiger partial charge in [-0.15, -0.1) is 11.8 Å². The number of rotatable bonds is 6. The normalized spacial score (nSPS) is 16.4. The average molecular weight is 180 g/mol. The molecular weight excluding hydrogens is 164 g/mol. The first kappa shape index (κ1) is 11.2. The molecule has 0 aromatic heterocycles. The van der Waals surface area contributed by atoms with Gasteiger partial charge < -0.3 is 21.7 Å². The van der Waals surface area contributed by atoms with Gasteiger partial charge >= 0.3 is 0 Å². The molecule has 6 N–H and O–H groups in total. The Morgan fingerprint density at radius 1 is 1.00 bits per heavy atom. The molecule has 4 nitrogen and oxygen atoms in total. The zero-order chi connectivity index (χ0) is 8.69. The quantitative estimate of drug-likeness (QED) is 0.396. The summed E-state index contributed by atoms with van der Waals surface area (Å²) in [6.45, 7) is 0.167. The third-order valence-electron chi connectivity index (χ3n) is 1.18. The lowest BCUT2D eigenvalue weighted by molar-refractivity contribution is 0.285. The van der Waals surface area contributed by atoms with Crippen molar-refractivity contribution in [3.05, 3.63) is 0 Å². The van der Waals surface area contributed by atoms with Gasteiger partial charge in [0.2, 0.25) is 0 Å². The molecule has 0 spiro atoms. The summed E-state index contributed by atoms with van der Waals surface area (Å²) in [5, 5.41) is 16.7. The summed E-state index contributed by atoms with van der Waals surface area (Å²) in [5.41, 5.74) is 11.1. The Kier molecular flexibility index (Phi) is 6.99. The van der Waals surface area contributed by atoms with Gasteiger partial charge in [0.15, 0.2) is 0 Å². The van der Waals surface area contributed by atoms with E-state index in [0.717, 1.165) is 0 Å². The molecule has 0 aliphatic rings. The van der Waals surface area contributed by atoms with Gasteiger partial charge in [-0.25, -0.2) is 0 Å². The highest BCUT2D eigenvalue weighted by Crippen LogP contribution is 2.14. The molecule has 11 heavy (non-hydrogen) atoms. The second kappa shape index (κ2) is 6.87. The maximum Gasteiger partial charge on any atom is 0.0544 e. The predicted octanol–water partition coefficient (Wildman–Crippen LogP) is -0.946. The molecule has 5 heteroatoms. The SMILES string of the molecule is NC(CCO)SC(N)CCO. The zero-order valence-electron chi connectivity index (χ0n) is 6.44. The third kappa shape index (κ3) is 6.58. The first-order valence-electron chi connectivity index (χ1n) is 3.59. The van der Waals surface area contributed by atoms with Crippen LogP contribution in [0.5, 0.6) is 0 Å². The molecule has 0 aliphatic heterocycles. The fraction of sp³-hybridized carbons (Fsp3) is 1.00. The van der Waals surface area contributed by atoms with E-state index in [9.17, 15) is 0 Å². The van der Waals surface area contributed by atoms with Gasteiger partial charge in [-0.3, -0.25) is 0 Å². The van der Waals surface area contributed by atoms with Gasteiger partial charge in [0, 0.05) is 13.2 Å². The molecule has 0 radical (unpaired) electrons. The Hall–Kier alpha value is 0.190. The summed E-state index contributed by atoms with van der Waals surface area (Å²) >= 11 is 1.38. The minimum Gasteiger partial charge on any atom is -0.396 e. The van der Waals surface area contributed by atoms with Crippen LogP contribution >= 0.6 is 11.8 Å². The van der Waals surface area contributed by atoms with Gasteiger partial charge in [0.25, 0.3) is 0 Å². The maximum absolute atomic E-state index is 8.50. The molecule has 68 valence electrons. The van der Waals surface area contributed by atoms with Crippen molar-refractivity contribution < 1.29 is 10.2 Å². The largest absolute Gasteiger partial charge is 0.396 e. The van der Waals surface area contributed by atoms with Crippen LogP contribution in [-0.4, -0.2) is 34.2 Å². The van der Waals surface area contributed by atoms with Crippen LogP contribution in [0.2, 0.25) is 0 Å². The van der Waals surface area contributed by atoms with E-state index in [4.69, 9.17) is 21.7 Å². The Morgan fingerprint density at radius 2 is 1.36 bits per heavy atom. The van der Waals surface area contributed by atoms with Crippen molar-refractivity contribution >= 4 is 11.8 Å². The molecule has 0 saturated heterocycles. The van der Waals surface area contributed by atoms with E-state index in [1.807, 2.05) is 0 Å². The molecular formula is C6H16N2O2S. The first-order valence-corrected chi connectivity index (χ1v) is 4.53. The van der Waals surface area contributed by atoms with E-state index in [1.165, 1.54) is 11.8 Å². The summed E-state index contributed by atoms with van der Waals surface area (Å²) in [7, 11) is 0. The number of aliphatic hydroxyl groups is 2. The van der Waals surface area contributed by atoms with Crippen molar-refractivity contribution in [3.63, 3.8) is 0 Å². The molecule has 0 saturated carbocycles. The van der Waals surface area contributed by atoms with Crippen LogP contribution in [0.3, 0.4) is 0 Å². The van der Waals surface area contributed by atoms with Crippen LogP contribution in [0.4, 0.5) is 0 Å². The molecule has 0 rings (SSSR count). The van der Waals surface area contributed by atoms with Crippen LogP contribution in [0.15, 0.2) is 0 Å². The van der Waals surface area contributed by atoms with Crippen LogP contribution in [0.1, 0.15) is 12.8 Å². The van der Waals surface area contributed by atoms with Crippen LogP contribution in [0, 0.1) is 0 Å². The van der Waals surface area contributed by atoms with Crippen LogP contribution < -0.4 is 11.5 Å². The molecule has 2 unspecified atom stereocenters. The highest BCUT2D eigenvalue weighted by molar-refractivity contribution is 8.00. The fourth-order valence-electron chi connectivity index (χ4n) is 0.615. The second-order valence-corrected chi connectivity index (χ2v) is 3.72. The van der Waals surface area contributed by atoms with E-state index in [0.29, 0.717) is 12.8 Å². The summed E-state index contributed by atoms with van der Waals surface area (Å²) < 4.78 is 0. The molecule has 2 atom stereocenters. The molecule has 0 amide bonds. The molecule has 0 aliphatic carbocycles. The third-order valence-corrected chi connectivity index (χ3v) is 2.35. The van der Waals surface area contributed by atoms with Crippen molar-refractivity contribution in [1.82, 2.24) is 0 Å². The van der Waals surface area contributed by atoms with Gasteiger partial charge in [-0.1, -0.05) is 0 Å². The van der Waals surface area contributed by atoms with Gasteiger partial charge in [-0.2, -0.15) is 0 Å². The average Bonchev–Trinajstić information content (AvgIpc) is 1.87. The topological polar surface area (TPSA) is 92.5 Å². The number of hydrogen-bond acceptors (Lipinski definition) is 5. The van der Waals surface area contributed by atoms with E-state index < -0.39 is 0 Å². The zero-order valence-corrected chi connectivity index (χ0v) is 7.26. The van der Waals surface area contributed by atoms with Crippen LogP contribution in [0.25, 0.3) is 0 Å². The lowest BCUT2D eigenvalue weighted by Crippen LogP contribution is -2.26. The second-order valence-electron chi connectivity index (χ2n) is 2.24. The molecule has 0 aromatic carbocycles. The molecule has 0 fully saturated rings. The summed E-state index contributed by atoms with van der Waals surface area (Å²) in [4.78, 5) is 0. The highest BCUT2D eigenvalue weighted by Gasteiger charge is 2.08. The Balaban J connectivity index is 3.32. The van der Waals surface area contributed by atoms with Crippen molar-refractivity contribution in [2.45, 2.75) is 23.6 Å². The number of thioether (sulfide) groups is 1. The van der Waals surface area contributed by atoms with Gasteiger partial charge in [0.1, 0.15) is 0 Å². The smallest absolute Gasteiger partial charge is 0.0544 e. The van der Waals surface area contributed by atoms with E-state index in [1.54, 1.807) is 0 Å². The van der Waals surface area contributed by atoms with E-state index >= 15 is 0 Å². The lowest BCUT2D eigenvalue weighted by atomic mass is 10.4. The fourth-order valence-corrected chi connectivity index (χ4v) is 1.55. The van der Waals surface area contributed by atoms with Crippen molar-refractivity contribution in [2.24, 2.45) is 11.5 Å². The van der Waals surface area contributed by atoms with Gasteiger partial charge in [0.05, 0.1) is 10.7 Å². The lowest BCUT2D eigenvalue weighted by Gasteiger charge is -2.14. The van der Waals surface area contributed by atoms with Crippen molar-refractivity contribution in [3.8, 4) is 0 Å². The Bertz CT molecular complexity index is 84.7. The highest BCUT2D eigenvalue weighted by atomic mass is 32.2. The number of nitrogens with two attached hydrogens (primary N) is 2. The number of hydrogen-bond donors (Lipinski definition) is 4. The van der Waals surface area contributed by atoms with Crippen LogP contribution in [-0.2, 0) is 0 Å². The van der Waals surface area contributed by atoms with E-state index in [2.05, 4.69) is 0 Å². The Morgan fingerprint density at radius 3 is 1.64 bits per heavy atom. The number of aliphatic hydroxyl groups excluding tert-OH is 2. The van der Waals surface area contributed by atoms with Gasteiger partial charge in [-0.05, 0) is 12.8 Å². The summed E-state index contributed by atoms with van der Waals surface area (Å²) in [5.74, 6) is 0. The first-order chi connectivity index (χ1) is 5.20. The minimum absolute atomic E-state index is 0.0833. The van der Waals surface area contributed by atoms with Crippen molar-refractivity contribution in [2.75, 3.05) is 13.2 Å².